The van der Waals surface area contributed by atoms with Crippen LogP contribution in [0.2, 0.25) is 0 Å². The van der Waals surface area contributed by atoms with Crippen LogP contribution in [0.5, 0.6) is 0 Å². The maximum atomic E-state index is 12.7. The molecule has 0 bridgehead atoms. The average Bonchev–Trinajstić information content (AvgIpc) is 2.74. The van der Waals surface area contributed by atoms with E-state index in [1.807, 2.05) is 0 Å². The van der Waals surface area contributed by atoms with Crippen LogP contribution in [0.15, 0.2) is 35.7 Å². The molecule has 1 N–H and O–H groups in total. The summed E-state index contributed by atoms with van der Waals surface area (Å²) in [6.07, 6.45) is -4.46. The Kier molecular flexibility index (Phi) is 4.55. The Morgan fingerprint density at radius 2 is 2.14 bits per heavy atom. The predicted molar refractivity (Wildman–Crippen MR) is 72.9 cm³/mol. The second-order valence-corrected chi connectivity index (χ2v) is 5.03. The molecule has 0 saturated heterocycles. The number of carboxylic acids is 1. The van der Waals surface area contributed by atoms with E-state index in [2.05, 4.69) is 0 Å². The molecule has 1 atom stereocenters. The highest BCUT2D eigenvalue weighted by Crippen LogP contribution is 2.33. The van der Waals surface area contributed by atoms with Crippen molar-refractivity contribution in [2.75, 3.05) is 6.54 Å². The molecule has 8 heteroatoms. The molecule has 1 heterocycles. The van der Waals surface area contributed by atoms with E-state index in [-0.39, 0.29) is 17.9 Å². The summed E-state index contributed by atoms with van der Waals surface area (Å²) in [5.41, 5.74) is -1.17. The maximum absolute atomic E-state index is 12.7. The lowest BCUT2D eigenvalue weighted by atomic mass is 10.0. The highest BCUT2D eigenvalue weighted by atomic mass is 35.5. The van der Waals surface area contributed by atoms with Crippen LogP contribution in [-0.4, -0.2) is 28.2 Å². The molecule has 1 aromatic rings. The standard InChI is InChI=1S/C14H13ClF3NO3/c1-2-19-10(11(12(20)21)22-13(19)15)7-8-4-3-5-9(6-8)14(16,17)18/h3-6,13H,2,7H2,1H3,(H,20,21). The zero-order chi connectivity index (χ0) is 16.5. The number of hydrogen-bond acceptors (Lipinski definition) is 3. The summed E-state index contributed by atoms with van der Waals surface area (Å²) in [5.74, 6) is -1.64. The number of halogens is 4. The van der Waals surface area contributed by atoms with Gasteiger partial charge in [-0.1, -0.05) is 29.8 Å². The lowest BCUT2D eigenvalue weighted by molar-refractivity contribution is -0.138. The minimum Gasteiger partial charge on any atom is -0.475 e. The van der Waals surface area contributed by atoms with Gasteiger partial charge < -0.3 is 14.7 Å². The number of hydrogen-bond donors (Lipinski definition) is 1. The summed E-state index contributed by atoms with van der Waals surface area (Å²) < 4.78 is 43.2. The molecule has 0 fully saturated rings. The molecule has 0 spiro atoms. The second kappa shape index (κ2) is 6.08. The summed E-state index contributed by atoms with van der Waals surface area (Å²) in [6.45, 7) is 2.12. The third-order valence-corrected chi connectivity index (χ3v) is 3.55. The number of ether oxygens (including phenoxy) is 1. The zero-order valence-corrected chi connectivity index (χ0v) is 12.3. The van der Waals surface area contributed by atoms with Crippen molar-refractivity contribution in [1.82, 2.24) is 4.90 Å². The van der Waals surface area contributed by atoms with Crippen LogP contribution in [0, 0.1) is 0 Å². The van der Waals surface area contributed by atoms with E-state index >= 15 is 0 Å². The molecule has 1 aromatic carbocycles. The number of nitrogens with zero attached hydrogens (tertiary/aromatic N) is 1. The molecule has 1 unspecified atom stereocenters. The van der Waals surface area contributed by atoms with Crippen LogP contribution in [0.25, 0.3) is 0 Å². The van der Waals surface area contributed by atoms with Crippen molar-refractivity contribution in [2.45, 2.75) is 25.2 Å². The van der Waals surface area contributed by atoms with Crippen molar-refractivity contribution in [3.05, 3.63) is 46.8 Å². The zero-order valence-electron chi connectivity index (χ0n) is 11.5. The van der Waals surface area contributed by atoms with Gasteiger partial charge in [0.15, 0.2) is 0 Å². The number of carboxylic acid groups (broad SMARTS) is 1. The number of rotatable bonds is 4. The van der Waals surface area contributed by atoms with Gasteiger partial charge in [0.1, 0.15) is 0 Å². The van der Waals surface area contributed by atoms with Crippen LogP contribution < -0.4 is 0 Å². The molecule has 4 nitrogen and oxygen atoms in total. The average molecular weight is 336 g/mol. The van der Waals surface area contributed by atoms with Crippen molar-refractivity contribution in [3.8, 4) is 0 Å². The summed E-state index contributed by atoms with van der Waals surface area (Å²) in [4.78, 5) is 12.7. The van der Waals surface area contributed by atoms with Crippen molar-refractivity contribution in [1.29, 1.82) is 0 Å². The summed E-state index contributed by atoms with van der Waals surface area (Å²) >= 11 is 5.90. The Morgan fingerprint density at radius 3 is 2.68 bits per heavy atom. The fourth-order valence-corrected chi connectivity index (χ4v) is 2.57. The van der Waals surface area contributed by atoms with Gasteiger partial charge in [-0.05, 0) is 18.6 Å². The third-order valence-electron chi connectivity index (χ3n) is 3.23. The summed E-state index contributed by atoms with van der Waals surface area (Å²) in [5, 5.41) is 9.13. The Hall–Kier alpha value is -1.89. The van der Waals surface area contributed by atoms with E-state index in [4.69, 9.17) is 21.4 Å². The van der Waals surface area contributed by atoms with Crippen molar-refractivity contribution in [2.24, 2.45) is 0 Å². The van der Waals surface area contributed by atoms with Gasteiger partial charge in [0.05, 0.1) is 11.3 Å². The van der Waals surface area contributed by atoms with E-state index in [9.17, 15) is 18.0 Å². The molecule has 22 heavy (non-hydrogen) atoms. The second-order valence-electron chi connectivity index (χ2n) is 4.65. The molecule has 120 valence electrons. The predicted octanol–water partition coefficient (Wildman–Crippen LogP) is 3.42. The number of allylic oxidation sites excluding steroid dienone is 1. The van der Waals surface area contributed by atoms with Gasteiger partial charge in [-0.2, -0.15) is 13.2 Å². The van der Waals surface area contributed by atoms with Crippen molar-refractivity contribution in [3.63, 3.8) is 0 Å². The fraction of sp³-hybridized carbons (Fsp3) is 0.357. The minimum atomic E-state index is -4.45. The molecule has 1 aliphatic heterocycles. The SMILES string of the molecule is CCN1C(Cc2cccc(C(F)(F)F)c2)=C(C(=O)O)OC1Cl. The van der Waals surface area contributed by atoms with E-state index in [1.54, 1.807) is 6.92 Å². The molecule has 0 aromatic heterocycles. The Bertz CT molecular complexity index is 616. The van der Waals surface area contributed by atoms with Crippen LogP contribution in [0.3, 0.4) is 0 Å². The summed E-state index contributed by atoms with van der Waals surface area (Å²) in [6, 6.07) is 4.73. The lowest BCUT2D eigenvalue weighted by Gasteiger charge is -2.21. The van der Waals surface area contributed by atoms with Gasteiger partial charge in [-0.3, -0.25) is 0 Å². The molecule has 1 aliphatic rings. The largest absolute Gasteiger partial charge is 0.475 e. The number of alkyl halides is 4. The van der Waals surface area contributed by atoms with Gasteiger partial charge >= 0.3 is 12.1 Å². The number of benzene rings is 1. The first-order valence-electron chi connectivity index (χ1n) is 6.44. The number of carbonyl (C=O) groups is 1. The van der Waals surface area contributed by atoms with E-state index < -0.39 is 23.4 Å². The Morgan fingerprint density at radius 1 is 1.45 bits per heavy atom. The quantitative estimate of drug-likeness (QED) is 0.676. The fourth-order valence-electron chi connectivity index (χ4n) is 2.22. The monoisotopic (exact) mass is 335 g/mol. The van der Waals surface area contributed by atoms with Crippen molar-refractivity contribution < 1.29 is 27.8 Å². The van der Waals surface area contributed by atoms with Crippen LogP contribution in [-0.2, 0) is 22.1 Å². The number of aliphatic carboxylic acids is 1. The van der Waals surface area contributed by atoms with Gasteiger partial charge in [0, 0.05) is 13.0 Å². The molecule has 0 saturated carbocycles. The third kappa shape index (κ3) is 3.30. The highest BCUT2D eigenvalue weighted by molar-refractivity contribution is 6.20. The molecule has 0 amide bonds. The number of likely N-dealkylation sites (N-methyl/N-ethyl adjacent to an activating group) is 1. The molecular formula is C14H13ClF3NO3. The van der Waals surface area contributed by atoms with Crippen molar-refractivity contribution >= 4 is 17.6 Å². The van der Waals surface area contributed by atoms with Gasteiger partial charge in [-0.25, -0.2) is 4.79 Å². The van der Waals surface area contributed by atoms with Crippen LogP contribution >= 0.6 is 11.6 Å². The Balaban J connectivity index is 2.35. The topological polar surface area (TPSA) is 49.8 Å². The smallest absolute Gasteiger partial charge is 0.416 e. The first kappa shape index (κ1) is 16.5. The molecule has 0 radical (unpaired) electrons. The molecule has 2 rings (SSSR count). The minimum absolute atomic E-state index is 0.0113. The van der Waals surface area contributed by atoms with Gasteiger partial charge in [0.2, 0.25) is 5.76 Å². The normalized spacial score (nSPS) is 18.6. The van der Waals surface area contributed by atoms with Gasteiger partial charge in [0.25, 0.3) is 5.69 Å². The first-order valence-corrected chi connectivity index (χ1v) is 6.87. The van der Waals surface area contributed by atoms with Gasteiger partial charge in [-0.15, -0.1) is 0 Å². The first-order chi connectivity index (χ1) is 10.2. The maximum Gasteiger partial charge on any atom is 0.416 e. The van der Waals surface area contributed by atoms with Crippen LogP contribution in [0.1, 0.15) is 18.1 Å². The van der Waals surface area contributed by atoms with E-state index in [0.717, 1.165) is 12.1 Å². The van der Waals surface area contributed by atoms with E-state index in [1.165, 1.54) is 17.0 Å². The van der Waals surface area contributed by atoms with Crippen LogP contribution in [0.4, 0.5) is 13.2 Å². The lowest BCUT2D eigenvalue weighted by Crippen LogP contribution is -2.27. The Labute approximate surface area is 129 Å². The summed E-state index contributed by atoms with van der Waals surface area (Å²) in [7, 11) is 0. The van der Waals surface area contributed by atoms with E-state index in [0.29, 0.717) is 12.1 Å². The molecular weight excluding hydrogens is 323 g/mol. The molecule has 0 aliphatic carbocycles. The highest BCUT2D eigenvalue weighted by Gasteiger charge is 2.35.